The standard InChI is InChI=1S/C15H24N2O/c1-18-15-8-3-7-14(11-15)17(10-4-9-16)12-13-5-2-6-13/h3,7-8,11,13H,2,4-6,9-10,12,16H2,1H3. The third kappa shape index (κ3) is 3.39. The molecule has 0 atom stereocenters. The Hall–Kier alpha value is -1.22. The molecule has 3 heteroatoms. The maximum absolute atomic E-state index is 5.64. The van der Waals surface area contributed by atoms with Crippen molar-refractivity contribution in [3.63, 3.8) is 0 Å². The Labute approximate surface area is 110 Å². The lowest BCUT2D eigenvalue weighted by Crippen LogP contribution is -2.34. The molecule has 0 spiro atoms. The van der Waals surface area contributed by atoms with E-state index in [0.29, 0.717) is 0 Å². The first-order valence-electron chi connectivity index (χ1n) is 6.92. The number of hydrogen-bond donors (Lipinski definition) is 1. The molecule has 0 unspecified atom stereocenters. The lowest BCUT2D eigenvalue weighted by Gasteiger charge is -2.34. The lowest BCUT2D eigenvalue weighted by atomic mass is 9.85. The first-order valence-corrected chi connectivity index (χ1v) is 6.92. The van der Waals surface area contributed by atoms with Gasteiger partial charge >= 0.3 is 0 Å². The van der Waals surface area contributed by atoms with Crippen LogP contribution in [0.1, 0.15) is 25.7 Å². The fraction of sp³-hybridized carbons (Fsp3) is 0.600. The largest absolute Gasteiger partial charge is 0.497 e. The van der Waals surface area contributed by atoms with Gasteiger partial charge in [-0.05, 0) is 43.9 Å². The van der Waals surface area contributed by atoms with Crippen LogP contribution >= 0.6 is 0 Å². The van der Waals surface area contributed by atoms with Crippen molar-refractivity contribution in [3.05, 3.63) is 24.3 Å². The number of methoxy groups -OCH3 is 1. The predicted octanol–water partition coefficient (Wildman–Crippen LogP) is 2.65. The summed E-state index contributed by atoms with van der Waals surface area (Å²) in [7, 11) is 1.72. The van der Waals surface area contributed by atoms with Crippen LogP contribution in [0.4, 0.5) is 5.69 Å². The molecule has 1 aromatic rings. The Morgan fingerprint density at radius 1 is 1.39 bits per heavy atom. The summed E-state index contributed by atoms with van der Waals surface area (Å²) in [4.78, 5) is 2.46. The summed E-state index contributed by atoms with van der Waals surface area (Å²) < 4.78 is 5.30. The highest BCUT2D eigenvalue weighted by atomic mass is 16.5. The van der Waals surface area contributed by atoms with Crippen molar-refractivity contribution in [3.8, 4) is 5.75 Å². The predicted molar refractivity (Wildman–Crippen MR) is 76.2 cm³/mol. The summed E-state index contributed by atoms with van der Waals surface area (Å²) in [6.45, 7) is 2.96. The van der Waals surface area contributed by atoms with Crippen LogP contribution in [-0.4, -0.2) is 26.7 Å². The minimum absolute atomic E-state index is 0.755. The number of nitrogens with zero attached hydrogens (tertiary/aromatic N) is 1. The smallest absolute Gasteiger partial charge is 0.120 e. The molecule has 0 bridgehead atoms. The average molecular weight is 248 g/mol. The third-order valence-electron chi connectivity index (χ3n) is 3.75. The van der Waals surface area contributed by atoms with E-state index in [1.165, 1.54) is 24.9 Å². The van der Waals surface area contributed by atoms with Gasteiger partial charge < -0.3 is 15.4 Å². The first-order chi connectivity index (χ1) is 8.83. The molecule has 18 heavy (non-hydrogen) atoms. The summed E-state index contributed by atoms with van der Waals surface area (Å²) in [6.07, 6.45) is 5.20. The number of anilines is 1. The van der Waals surface area contributed by atoms with E-state index < -0.39 is 0 Å². The fourth-order valence-electron chi connectivity index (χ4n) is 2.40. The van der Waals surface area contributed by atoms with Gasteiger partial charge in [-0.25, -0.2) is 0 Å². The molecule has 0 aliphatic heterocycles. The zero-order valence-electron chi connectivity index (χ0n) is 11.3. The number of rotatable bonds is 7. The maximum atomic E-state index is 5.64. The van der Waals surface area contributed by atoms with E-state index in [0.717, 1.165) is 37.7 Å². The van der Waals surface area contributed by atoms with Crippen LogP contribution in [0.25, 0.3) is 0 Å². The van der Waals surface area contributed by atoms with Gasteiger partial charge in [0.25, 0.3) is 0 Å². The van der Waals surface area contributed by atoms with Gasteiger partial charge in [0, 0.05) is 24.8 Å². The molecular weight excluding hydrogens is 224 g/mol. The molecule has 2 N–H and O–H groups in total. The second-order valence-electron chi connectivity index (χ2n) is 5.09. The zero-order valence-corrected chi connectivity index (χ0v) is 11.3. The van der Waals surface area contributed by atoms with Crippen LogP contribution in [0.15, 0.2) is 24.3 Å². The summed E-state index contributed by atoms with van der Waals surface area (Å²) in [5.41, 5.74) is 6.90. The van der Waals surface area contributed by atoms with Gasteiger partial charge in [0.1, 0.15) is 5.75 Å². The third-order valence-corrected chi connectivity index (χ3v) is 3.75. The molecule has 0 aromatic heterocycles. The van der Waals surface area contributed by atoms with E-state index in [2.05, 4.69) is 23.1 Å². The summed E-state index contributed by atoms with van der Waals surface area (Å²) >= 11 is 0. The SMILES string of the molecule is COc1cccc(N(CCCN)CC2CCC2)c1. The molecule has 2 rings (SSSR count). The topological polar surface area (TPSA) is 38.5 Å². The molecule has 1 saturated carbocycles. The van der Waals surface area contributed by atoms with Crippen molar-refractivity contribution < 1.29 is 4.74 Å². The van der Waals surface area contributed by atoms with Crippen molar-refractivity contribution >= 4 is 5.69 Å². The molecule has 1 aliphatic rings. The monoisotopic (exact) mass is 248 g/mol. The highest BCUT2D eigenvalue weighted by Crippen LogP contribution is 2.30. The van der Waals surface area contributed by atoms with E-state index in [4.69, 9.17) is 10.5 Å². The van der Waals surface area contributed by atoms with E-state index in [1.807, 2.05) is 6.07 Å². The number of benzene rings is 1. The van der Waals surface area contributed by atoms with Crippen LogP contribution in [0.3, 0.4) is 0 Å². The van der Waals surface area contributed by atoms with Crippen LogP contribution in [0.2, 0.25) is 0 Å². The molecular formula is C15H24N2O. The summed E-state index contributed by atoms with van der Waals surface area (Å²) in [5.74, 6) is 1.80. The van der Waals surface area contributed by atoms with E-state index in [1.54, 1.807) is 7.11 Å². The van der Waals surface area contributed by atoms with Crippen molar-refractivity contribution in [1.82, 2.24) is 0 Å². The fourth-order valence-corrected chi connectivity index (χ4v) is 2.40. The Bertz CT molecular complexity index is 363. The van der Waals surface area contributed by atoms with Gasteiger partial charge in [-0.1, -0.05) is 12.5 Å². The van der Waals surface area contributed by atoms with E-state index in [9.17, 15) is 0 Å². The van der Waals surface area contributed by atoms with E-state index >= 15 is 0 Å². The summed E-state index contributed by atoms with van der Waals surface area (Å²) in [6, 6.07) is 8.34. The molecule has 0 saturated heterocycles. The second kappa shape index (κ2) is 6.64. The molecule has 1 aromatic carbocycles. The Morgan fingerprint density at radius 2 is 2.22 bits per heavy atom. The lowest BCUT2D eigenvalue weighted by molar-refractivity contribution is 0.317. The van der Waals surface area contributed by atoms with Crippen LogP contribution < -0.4 is 15.4 Å². The minimum Gasteiger partial charge on any atom is -0.497 e. The van der Waals surface area contributed by atoms with Crippen molar-refractivity contribution in [2.24, 2.45) is 11.7 Å². The maximum Gasteiger partial charge on any atom is 0.120 e. The Balaban J connectivity index is 2.04. The average Bonchev–Trinajstić information content (AvgIpc) is 2.37. The normalized spacial score (nSPS) is 15.2. The highest BCUT2D eigenvalue weighted by Gasteiger charge is 2.20. The summed E-state index contributed by atoms with van der Waals surface area (Å²) in [5, 5.41) is 0. The Morgan fingerprint density at radius 3 is 2.83 bits per heavy atom. The molecule has 0 amide bonds. The minimum atomic E-state index is 0.755. The highest BCUT2D eigenvalue weighted by molar-refractivity contribution is 5.50. The molecule has 0 heterocycles. The van der Waals surface area contributed by atoms with Gasteiger partial charge in [0.05, 0.1) is 7.11 Å². The molecule has 0 radical (unpaired) electrons. The first kappa shape index (κ1) is 13.2. The van der Waals surface area contributed by atoms with Crippen molar-refractivity contribution in [1.29, 1.82) is 0 Å². The molecule has 1 aliphatic carbocycles. The molecule has 100 valence electrons. The van der Waals surface area contributed by atoms with Crippen LogP contribution in [-0.2, 0) is 0 Å². The van der Waals surface area contributed by atoms with Gasteiger partial charge in [0.15, 0.2) is 0 Å². The van der Waals surface area contributed by atoms with Crippen LogP contribution in [0, 0.1) is 5.92 Å². The zero-order chi connectivity index (χ0) is 12.8. The number of nitrogens with two attached hydrogens (primary N) is 1. The van der Waals surface area contributed by atoms with Crippen molar-refractivity contribution in [2.45, 2.75) is 25.7 Å². The van der Waals surface area contributed by atoms with Crippen molar-refractivity contribution in [2.75, 3.05) is 31.6 Å². The van der Waals surface area contributed by atoms with E-state index in [-0.39, 0.29) is 0 Å². The molecule has 1 fully saturated rings. The Kier molecular flexibility index (Phi) is 4.88. The van der Waals surface area contributed by atoms with Gasteiger partial charge in [-0.15, -0.1) is 0 Å². The van der Waals surface area contributed by atoms with Crippen LogP contribution in [0.5, 0.6) is 5.75 Å². The van der Waals surface area contributed by atoms with Gasteiger partial charge in [-0.2, -0.15) is 0 Å². The number of ether oxygens (including phenoxy) is 1. The quantitative estimate of drug-likeness (QED) is 0.806. The van der Waals surface area contributed by atoms with Gasteiger partial charge in [0.2, 0.25) is 0 Å². The second-order valence-corrected chi connectivity index (χ2v) is 5.09. The number of hydrogen-bond acceptors (Lipinski definition) is 3. The molecule has 3 nitrogen and oxygen atoms in total. The van der Waals surface area contributed by atoms with Gasteiger partial charge in [-0.3, -0.25) is 0 Å².